The third-order valence-electron chi connectivity index (χ3n) is 2.32. The Bertz CT molecular complexity index is 160. The Labute approximate surface area is 93.6 Å². The van der Waals surface area contributed by atoms with Crippen molar-refractivity contribution in [1.29, 1.82) is 0 Å². The van der Waals surface area contributed by atoms with Gasteiger partial charge in [0, 0.05) is 13.2 Å². The number of ether oxygens (including phenoxy) is 1. The second kappa shape index (κ2) is 9.97. The van der Waals surface area contributed by atoms with Gasteiger partial charge in [0.2, 0.25) is 5.91 Å². The monoisotopic (exact) mass is 215 g/mol. The summed E-state index contributed by atoms with van der Waals surface area (Å²) in [6.45, 7) is 8.22. The summed E-state index contributed by atoms with van der Waals surface area (Å²) < 4.78 is 5.50. The van der Waals surface area contributed by atoms with E-state index in [-0.39, 0.29) is 11.8 Å². The van der Waals surface area contributed by atoms with Gasteiger partial charge in [-0.1, -0.05) is 26.7 Å². The van der Waals surface area contributed by atoms with Crippen molar-refractivity contribution in [3.8, 4) is 0 Å². The summed E-state index contributed by atoms with van der Waals surface area (Å²) in [5.41, 5.74) is 0. The van der Waals surface area contributed by atoms with Crippen LogP contribution in [0.15, 0.2) is 0 Å². The Hall–Kier alpha value is -0.570. The lowest BCUT2D eigenvalue weighted by Crippen LogP contribution is -2.33. The van der Waals surface area contributed by atoms with E-state index in [1.165, 1.54) is 0 Å². The smallest absolute Gasteiger partial charge is 0.225 e. The van der Waals surface area contributed by atoms with Crippen LogP contribution in [0.4, 0.5) is 0 Å². The predicted molar refractivity (Wildman–Crippen MR) is 62.8 cm³/mol. The molecule has 1 atom stereocenters. The SMILES string of the molecule is CCCCOCC(CCC)C(=O)NCC. The van der Waals surface area contributed by atoms with Crippen LogP contribution >= 0.6 is 0 Å². The average Bonchev–Trinajstić information content (AvgIpc) is 2.23. The third-order valence-corrected chi connectivity index (χ3v) is 2.32. The topological polar surface area (TPSA) is 38.3 Å². The van der Waals surface area contributed by atoms with Gasteiger partial charge in [-0.25, -0.2) is 0 Å². The van der Waals surface area contributed by atoms with Crippen LogP contribution < -0.4 is 5.32 Å². The molecule has 0 saturated carbocycles. The number of rotatable bonds is 9. The van der Waals surface area contributed by atoms with Gasteiger partial charge < -0.3 is 10.1 Å². The van der Waals surface area contributed by atoms with Crippen molar-refractivity contribution in [1.82, 2.24) is 5.32 Å². The van der Waals surface area contributed by atoms with Gasteiger partial charge in [-0.15, -0.1) is 0 Å². The Morgan fingerprint density at radius 1 is 1.27 bits per heavy atom. The summed E-state index contributed by atoms with van der Waals surface area (Å²) in [5.74, 6) is 0.169. The molecule has 90 valence electrons. The Kier molecular flexibility index (Phi) is 9.59. The summed E-state index contributed by atoms with van der Waals surface area (Å²) in [6, 6.07) is 0. The maximum absolute atomic E-state index is 11.6. The number of carbonyl (C=O) groups excluding carboxylic acids is 1. The maximum atomic E-state index is 11.6. The lowest BCUT2D eigenvalue weighted by Gasteiger charge is -2.15. The summed E-state index contributed by atoms with van der Waals surface area (Å²) in [6.07, 6.45) is 4.16. The molecule has 0 saturated heterocycles. The molecule has 3 heteroatoms. The second-order valence-electron chi connectivity index (χ2n) is 3.81. The molecule has 15 heavy (non-hydrogen) atoms. The van der Waals surface area contributed by atoms with Gasteiger partial charge in [0.05, 0.1) is 12.5 Å². The fourth-order valence-corrected chi connectivity index (χ4v) is 1.43. The van der Waals surface area contributed by atoms with E-state index in [0.717, 1.165) is 32.3 Å². The normalized spacial score (nSPS) is 12.5. The number of nitrogens with one attached hydrogen (secondary N) is 1. The van der Waals surface area contributed by atoms with Gasteiger partial charge >= 0.3 is 0 Å². The third kappa shape index (κ3) is 7.37. The van der Waals surface area contributed by atoms with E-state index in [1.807, 2.05) is 6.92 Å². The molecule has 0 aromatic carbocycles. The van der Waals surface area contributed by atoms with Crippen LogP contribution in [0.1, 0.15) is 46.5 Å². The number of hydrogen-bond acceptors (Lipinski definition) is 2. The first-order valence-electron chi connectivity index (χ1n) is 6.11. The quantitative estimate of drug-likeness (QED) is 0.600. The highest BCUT2D eigenvalue weighted by molar-refractivity contribution is 5.78. The molecule has 0 aliphatic rings. The minimum atomic E-state index is 0.0341. The molecule has 0 aliphatic heterocycles. The predicted octanol–water partition coefficient (Wildman–Crippen LogP) is 2.36. The standard InChI is InChI=1S/C12H25NO2/c1-4-7-9-15-10-11(8-5-2)12(14)13-6-3/h11H,4-10H2,1-3H3,(H,13,14). The lowest BCUT2D eigenvalue weighted by atomic mass is 10.0. The van der Waals surface area contributed by atoms with E-state index in [4.69, 9.17) is 4.74 Å². The molecule has 0 aromatic heterocycles. The van der Waals surface area contributed by atoms with Gasteiger partial charge in [0.1, 0.15) is 0 Å². The fourth-order valence-electron chi connectivity index (χ4n) is 1.43. The zero-order chi connectivity index (χ0) is 11.5. The first-order chi connectivity index (χ1) is 7.26. The van der Waals surface area contributed by atoms with Gasteiger partial charge in [-0.05, 0) is 19.8 Å². The molecule has 0 aliphatic carbocycles. The molecule has 0 rings (SSSR count). The molecule has 0 heterocycles. The van der Waals surface area contributed by atoms with E-state index in [1.54, 1.807) is 0 Å². The van der Waals surface area contributed by atoms with E-state index >= 15 is 0 Å². The van der Waals surface area contributed by atoms with Crippen LogP contribution in [0.2, 0.25) is 0 Å². The molecule has 0 spiro atoms. The van der Waals surface area contributed by atoms with Gasteiger partial charge in [-0.3, -0.25) is 4.79 Å². The Morgan fingerprint density at radius 3 is 2.53 bits per heavy atom. The van der Waals surface area contributed by atoms with Gasteiger partial charge in [-0.2, -0.15) is 0 Å². The van der Waals surface area contributed by atoms with Crippen molar-refractivity contribution in [3.63, 3.8) is 0 Å². The van der Waals surface area contributed by atoms with Crippen LogP contribution in [0, 0.1) is 5.92 Å². The van der Waals surface area contributed by atoms with Crippen LogP contribution in [0.5, 0.6) is 0 Å². The molecule has 0 aromatic rings. The van der Waals surface area contributed by atoms with Crippen molar-refractivity contribution in [2.75, 3.05) is 19.8 Å². The minimum absolute atomic E-state index is 0.0341. The summed E-state index contributed by atoms with van der Waals surface area (Å²) in [5, 5.41) is 2.85. The largest absolute Gasteiger partial charge is 0.381 e. The number of hydrogen-bond donors (Lipinski definition) is 1. The van der Waals surface area contributed by atoms with Crippen molar-refractivity contribution < 1.29 is 9.53 Å². The minimum Gasteiger partial charge on any atom is -0.381 e. The van der Waals surface area contributed by atoms with E-state index in [9.17, 15) is 4.79 Å². The highest BCUT2D eigenvalue weighted by Gasteiger charge is 2.16. The number of unbranched alkanes of at least 4 members (excludes halogenated alkanes) is 1. The average molecular weight is 215 g/mol. The molecule has 0 radical (unpaired) electrons. The Morgan fingerprint density at radius 2 is 2.00 bits per heavy atom. The number of amides is 1. The van der Waals surface area contributed by atoms with Crippen molar-refractivity contribution in [3.05, 3.63) is 0 Å². The summed E-state index contributed by atoms with van der Waals surface area (Å²) in [7, 11) is 0. The van der Waals surface area contributed by atoms with Crippen LogP contribution in [-0.4, -0.2) is 25.7 Å². The zero-order valence-electron chi connectivity index (χ0n) is 10.3. The number of carbonyl (C=O) groups is 1. The molecular formula is C12H25NO2. The highest BCUT2D eigenvalue weighted by Crippen LogP contribution is 2.07. The van der Waals surface area contributed by atoms with E-state index in [2.05, 4.69) is 19.2 Å². The molecule has 0 bridgehead atoms. The summed E-state index contributed by atoms with van der Waals surface area (Å²) >= 11 is 0. The zero-order valence-corrected chi connectivity index (χ0v) is 10.3. The van der Waals surface area contributed by atoms with Gasteiger partial charge in [0.25, 0.3) is 0 Å². The molecule has 3 nitrogen and oxygen atoms in total. The van der Waals surface area contributed by atoms with Crippen molar-refractivity contribution >= 4 is 5.91 Å². The van der Waals surface area contributed by atoms with E-state index < -0.39 is 0 Å². The summed E-state index contributed by atoms with van der Waals surface area (Å²) in [4.78, 5) is 11.6. The van der Waals surface area contributed by atoms with Gasteiger partial charge in [0.15, 0.2) is 0 Å². The molecular weight excluding hydrogens is 190 g/mol. The fraction of sp³-hybridized carbons (Fsp3) is 0.917. The molecule has 0 fully saturated rings. The van der Waals surface area contributed by atoms with Crippen LogP contribution in [0.3, 0.4) is 0 Å². The van der Waals surface area contributed by atoms with E-state index in [0.29, 0.717) is 13.2 Å². The molecule has 1 amide bonds. The lowest BCUT2D eigenvalue weighted by molar-refractivity contribution is -0.127. The first kappa shape index (κ1) is 14.4. The van der Waals surface area contributed by atoms with Crippen LogP contribution in [-0.2, 0) is 9.53 Å². The molecule has 1 N–H and O–H groups in total. The van der Waals surface area contributed by atoms with Crippen molar-refractivity contribution in [2.24, 2.45) is 5.92 Å². The van der Waals surface area contributed by atoms with Crippen molar-refractivity contribution in [2.45, 2.75) is 46.5 Å². The first-order valence-corrected chi connectivity index (χ1v) is 6.11. The second-order valence-corrected chi connectivity index (χ2v) is 3.81. The van der Waals surface area contributed by atoms with Crippen LogP contribution in [0.25, 0.3) is 0 Å². The maximum Gasteiger partial charge on any atom is 0.225 e. The molecule has 1 unspecified atom stereocenters. The Balaban J connectivity index is 3.76. The highest BCUT2D eigenvalue weighted by atomic mass is 16.5.